The zero-order chi connectivity index (χ0) is 13.9. The fraction of sp³-hybridized carbons (Fsp3) is 0.353. The first-order valence-electron chi connectivity index (χ1n) is 7.20. The lowest BCUT2D eigenvalue weighted by Gasteiger charge is -2.21. The van der Waals surface area contributed by atoms with Crippen LogP contribution < -0.4 is 4.90 Å². The number of hydrogen-bond acceptors (Lipinski definition) is 3. The first-order valence-corrected chi connectivity index (χ1v) is 7.20. The molecule has 2 heterocycles. The van der Waals surface area contributed by atoms with Crippen molar-refractivity contribution in [3.8, 4) is 0 Å². The van der Waals surface area contributed by atoms with Crippen molar-refractivity contribution in [2.75, 3.05) is 18.0 Å². The van der Waals surface area contributed by atoms with E-state index in [4.69, 9.17) is 0 Å². The summed E-state index contributed by atoms with van der Waals surface area (Å²) in [4.78, 5) is 6.82. The molecule has 20 heavy (non-hydrogen) atoms. The fourth-order valence-electron chi connectivity index (χ4n) is 2.73. The highest BCUT2D eigenvalue weighted by molar-refractivity contribution is 5.42. The highest BCUT2D eigenvalue weighted by Gasteiger charge is 2.14. The monoisotopic (exact) mass is 268 g/mol. The van der Waals surface area contributed by atoms with Crippen molar-refractivity contribution in [1.29, 1.82) is 0 Å². The fourth-order valence-corrected chi connectivity index (χ4v) is 2.73. The molecule has 1 aromatic carbocycles. The molecular formula is C17H20N2O. The molecule has 1 aromatic heterocycles. The molecule has 1 aliphatic heterocycles. The summed E-state index contributed by atoms with van der Waals surface area (Å²) in [6.07, 6.45) is 3.45. The van der Waals surface area contributed by atoms with Crippen LogP contribution in [0.15, 0.2) is 42.6 Å². The maximum Gasteiger partial charge on any atom is 0.128 e. The molecule has 1 aliphatic rings. The Morgan fingerprint density at radius 1 is 1.05 bits per heavy atom. The van der Waals surface area contributed by atoms with E-state index in [1.807, 2.05) is 12.1 Å². The summed E-state index contributed by atoms with van der Waals surface area (Å²) < 4.78 is 0. The summed E-state index contributed by atoms with van der Waals surface area (Å²) in [5.41, 5.74) is 3.78. The van der Waals surface area contributed by atoms with Crippen molar-refractivity contribution < 1.29 is 5.11 Å². The zero-order valence-corrected chi connectivity index (χ0v) is 11.8. The molecular weight excluding hydrogens is 248 g/mol. The first kappa shape index (κ1) is 13.1. The van der Waals surface area contributed by atoms with Crippen LogP contribution in [0.4, 0.5) is 5.82 Å². The normalized spacial score (nSPS) is 16.4. The van der Waals surface area contributed by atoms with E-state index in [2.05, 4.69) is 34.1 Å². The summed E-state index contributed by atoms with van der Waals surface area (Å²) in [6.45, 7) is 3.76. The van der Waals surface area contributed by atoms with Crippen LogP contribution in [-0.2, 0) is 12.8 Å². The average Bonchev–Trinajstić information content (AvgIpc) is 2.70. The molecule has 3 heteroatoms. The summed E-state index contributed by atoms with van der Waals surface area (Å²) in [5, 5.41) is 9.53. The number of aliphatic hydroxyl groups excluding tert-OH is 1. The quantitative estimate of drug-likeness (QED) is 0.910. The van der Waals surface area contributed by atoms with Crippen molar-refractivity contribution in [2.45, 2.75) is 25.9 Å². The van der Waals surface area contributed by atoms with Crippen LogP contribution in [0.5, 0.6) is 0 Å². The molecule has 0 saturated carbocycles. The number of nitrogens with zero attached hydrogens (tertiary/aromatic N) is 2. The maximum atomic E-state index is 9.53. The van der Waals surface area contributed by atoms with Gasteiger partial charge < -0.3 is 10.0 Å². The van der Waals surface area contributed by atoms with Gasteiger partial charge in [-0.1, -0.05) is 30.3 Å². The molecule has 1 unspecified atom stereocenters. The minimum atomic E-state index is -0.454. The van der Waals surface area contributed by atoms with Crippen LogP contribution in [0.3, 0.4) is 0 Å². The second-order valence-electron chi connectivity index (χ2n) is 5.38. The molecule has 0 bridgehead atoms. The van der Waals surface area contributed by atoms with Crippen LogP contribution in [0.1, 0.15) is 29.7 Å². The van der Waals surface area contributed by atoms with E-state index in [1.54, 1.807) is 13.1 Å². The van der Waals surface area contributed by atoms with Crippen LogP contribution >= 0.6 is 0 Å². The Bertz CT molecular complexity index is 551. The van der Waals surface area contributed by atoms with Gasteiger partial charge in [0.05, 0.1) is 6.10 Å². The van der Waals surface area contributed by atoms with Gasteiger partial charge in [-0.2, -0.15) is 0 Å². The Hall–Kier alpha value is -1.87. The molecule has 0 radical (unpaired) electrons. The van der Waals surface area contributed by atoms with E-state index in [-0.39, 0.29) is 0 Å². The number of pyridine rings is 1. The Labute approximate surface area is 119 Å². The third-order valence-corrected chi connectivity index (χ3v) is 4.00. The van der Waals surface area contributed by atoms with Gasteiger partial charge >= 0.3 is 0 Å². The molecule has 0 spiro atoms. The smallest absolute Gasteiger partial charge is 0.128 e. The predicted molar refractivity (Wildman–Crippen MR) is 80.9 cm³/mol. The number of fused-ring (bicyclic) bond motifs is 1. The largest absolute Gasteiger partial charge is 0.389 e. The van der Waals surface area contributed by atoms with E-state index in [1.165, 1.54) is 11.1 Å². The molecule has 0 saturated heterocycles. The van der Waals surface area contributed by atoms with Crippen LogP contribution in [0, 0.1) is 0 Å². The van der Waals surface area contributed by atoms with Gasteiger partial charge in [0.25, 0.3) is 0 Å². The summed E-state index contributed by atoms with van der Waals surface area (Å²) in [6, 6.07) is 12.7. The Morgan fingerprint density at radius 3 is 2.20 bits per heavy atom. The van der Waals surface area contributed by atoms with Crippen molar-refractivity contribution in [2.24, 2.45) is 0 Å². The lowest BCUT2D eigenvalue weighted by molar-refractivity contribution is 0.199. The standard InChI is InChI=1S/C17H20N2O/c1-13(20)16-6-7-17(18-12-16)19-10-8-14-4-2-3-5-15(14)9-11-19/h2-7,12-13,20H,8-11H2,1H3. The average molecular weight is 268 g/mol. The molecule has 2 aromatic rings. The van der Waals surface area contributed by atoms with Gasteiger partial charge in [0, 0.05) is 19.3 Å². The van der Waals surface area contributed by atoms with E-state index in [9.17, 15) is 5.11 Å². The van der Waals surface area contributed by atoms with Crippen LogP contribution in [-0.4, -0.2) is 23.2 Å². The summed E-state index contributed by atoms with van der Waals surface area (Å²) in [7, 11) is 0. The molecule has 104 valence electrons. The maximum absolute atomic E-state index is 9.53. The van der Waals surface area contributed by atoms with Crippen LogP contribution in [0.2, 0.25) is 0 Å². The second kappa shape index (κ2) is 5.63. The van der Waals surface area contributed by atoms with E-state index >= 15 is 0 Å². The van der Waals surface area contributed by atoms with Gasteiger partial charge in [-0.3, -0.25) is 0 Å². The minimum Gasteiger partial charge on any atom is -0.389 e. The molecule has 3 nitrogen and oxygen atoms in total. The molecule has 0 amide bonds. The van der Waals surface area contributed by atoms with Crippen LogP contribution in [0.25, 0.3) is 0 Å². The predicted octanol–water partition coefficient (Wildman–Crippen LogP) is 2.74. The molecule has 1 N–H and O–H groups in total. The highest BCUT2D eigenvalue weighted by Crippen LogP contribution is 2.20. The van der Waals surface area contributed by atoms with Gasteiger partial charge in [-0.15, -0.1) is 0 Å². The van der Waals surface area contributed by atoms with E-state index < -0.39 is 6.10 Å². The van der Waals surface area contributed by atoms with Gasteiger partial charge in [-0.25, -0.2) is 4.98 Å². The van der Waals surface area contributed by atoms with Crippen molar-refractivity contribution >= 4 is 5.82 Å². The van der Waals surface area contributed by atoms with E-state index in [0.29, 0.717) is 0 Å². The molecule has 3 rings (SSSR count). The number of rotatable bonds is 2. The Morgan fingerprint density at radius 2 is 1.70 bits per heavy atom. The number of aromatic nitrogens is 1. The van der Waals surface area contributed by atoms with Gasteiger partial charge in [0.1, 0.15) is 5.82 Å². The first-order chi connectivity index (χ1) is 9.74. The Kier molecular flexibility index (Phi) is 3.70. The minimum absolute atomic E-state index is 0.454. The lowest BCUT2D eigenvalue weighted by atomic mass is 10.0. The van der Waals surface area contributed by atoms with Gasteiger partial charge in [0.15, 0.2) is 0 Å². The van der Waals surface area contributed by atoms with Crippen molar-refractivity contribution in [1.82, 2.24) is 4.98 Å². The summed E-state index contributed by atoms with van der Waals surface area (Å²) in [5.74, 6) is 1.00. The topological polar surface area (TPSA) is 36.4 Å². The summed E-state index contributed by atoms with van der Waals surface area (Å²) >= 11 is 0. The number of aliphatic hydroxyl groups is 1. The van der Waals surface area contributed by atoms with E-state index in [0.717, 1.165) is 37.3 Å². The number of hydrogen-bond donors (Lipinski definition) is 1. The highest BCUT2D eigenvalue weighted by atomic mass is 16.3. The third-order valence-electron chi connectivity index (χ3n) is 4.00. The number of anilines is 1. The lowest BCUT2D eigenvalue weighted by Crippen LogP contribution is -2.26. The SMILES string of the molecule is CC(O)c1ccc(N2CCc3ccccc3CC2)nc1. The molecule has 1 atom stereocenters. The Balaban J connectivity index is 1.76. The second-order valence-corrected chi connectivity index (χ2v) is 5.38. The van der Waals surface area contributed by atoms with Gasteiger partial charge in [0.2, 0.25) is 0 Å². The third kappa shape index (κ3) is 2.68. The van der Waals surface area contributed by atoms with Crippen molar-refractivity contribution in [3.05, 3.63) is 59.3 Å². The van der Waals surface area contributed by atoms with Gasteiger partial charge in [-0.05, 0) is 42.5 Å². The van der Waals surface area contributed by atoms with Crippen molar-refractivity contribution in [3.63, 3.8) is 0 Å². The zero-order valence-electron chi connectivity index (χ0n) is 11.8. The molecule has 0 fully saturated rings. The molecule has 0 aliphatic carbocycles. The number of benzene rings is 1.